The average Bonchev–Trinajstić information content (AvgIpc) is 2.89. The van der Waals surface area contributed by atoms with E-state index in [9.17, 15) is 43.3 Å². The van der Waals surface area contributed by atoms with Crippen molar-refractivity contribution in [1.29, 1.82) is 0 Å². The number of rotatable bonds is 14. The largest absolute Gasteiger partial charge is 0.511 e. The molecule has 2 rings (SSSR count). The smallest absolute Gasteiger partial charge is 0.340 e. The second kappa shape index (κ2) is 13.6. The maximum absolute atomic E-state index is 14.1. The highest BCUT2D eigenvalue weighted by Gasteiger charge is 2.35. The van der Waals surface area contributed by atoms with Gasteiger partial charge in [0.25, 0.3) is 0 Å². The van der Waals surface area contributed by atoms with E-state index in [0.717, 1.165) is 6.07 Å². The summed E-state index contributed by atoms with van der Waals surface area (Å²) >= 11 is 4.15. The number of nitrogens with one attached hydrogen (secondary N) is 3. The van der Waals surface area contributed by atoms with Crippen molar-refractivity contribution < 1.29 is 48.0 Å². The van der Waals surface area contributed by atoms with Gasteiger partial charge < -0.3 is 40.8 Å². The topological polar surface area (TPSA) is 198 Å². The molecule has 0 saturated carbocycles. The van der Waals surface area contributed by atoms with Crippen LogP contribution in [-0.4, -0.2) is 63.0 Å². The summed E-state index contributed by atoms with van der Waals surface area (Å²) in [6.07, 6.45) is -0.272. The number of carboxylic acid groups (broad SMARTS) is 1. The highest BCUT2D eigenvalue weighted by Crippen LogP contribution is 2.30. The number of fused-ring (bicyclic) bond motifs is 1. The first-order chi connectivity index (χ1) is 19.4. The van der Waals surface area contributed by atoms with Crippen LogP contribution in [0, 0.1) is 18.6 Å². The number of urea groups is 1. The van der Waals surface area contributed by atoms with Crippen molar-refractivity contribution >= 4 is 49.4 Å². The van der Waals surface area contributed by atoms with E-state index in [-0.39, 0.29) is 41.7 Å². The number of aryl methyl sites for hydroxylation is 1. The van der Waals surface area contributed by atoms with E-state index < -0.39 is 75.4 Å². The van der Waals surface area contributed by atoms with Crippen LogP contribution >= 0.6 is 12.6 Å². The summed E-state index contributed by atoms with van der Waals surface area (Å²) in [4.78, 5) is 46.6. The Morgan fingerprint density at radius 1 is 1.10 bits per heavy atom. The van der Waals surface area contributed by atoms with Crippen molar-refractivity contribution in [2.45, 2.75) is 55.8 Å². The minimum Gasteiger partial charge on any atom is -0.511 e. The summed E-state index contributed by atoms with van der Waals surface area (Å²) in [5.74, 6) is -6.69. The number of thiol groups is 1. The van der Waals surface area contributed by atoms with Crippen LogP contribution in [0.5, 0.6) is 5.75 Å². The number of phenolic OH excluding ortho intramolecular Hbond substituents is 1. The molecule has 1 aromatic carbocycles. The Kier molecular flexibility index (Phi) is 11.0. The predicted molar refractivity (Wildman–Crippen MR) is 154 cm³/mol. The fourth-order valence-corrected chi connectivity index (χ4v) is 4.23. The number of aliphatic hydroxyl groups excluding tert-OH is 2. The standard InChI is InChI=1S/C26H32BF2N3O9S/c1-12-15-10-17(28)21(38)20(29)22(15)41-23(39)16(12)11-18(35)30-9-5-4-7-25(27,13(2)33)31-24(40)32-26(42,14(3)34)8-6-19(36)37/h10,33-34,38,42H,2-9,11,27H2,1H3,(H,30,35)(H,36,37)(H2,31,32,40)/t25?,26-/m1/s1. The van der Waals surface area contributed by atoms with E-state index in [4.69, 9.17) is 9.52 Å². The lowest BCUT2D eigenvalue weighted by Gasteiger charge is -2.34. The highest BCUT2D eigenvalue weighted by atomic mass is 32.1. The maximum Gasteiger partial charge on any atom is 0.340 e. The molecule has 16 heteroatoms. The minimum absolute atomic E-state index is 0.106. The highest BCUT2D eigenvalue weighted by molar-refractivity contribution is 7.82. The van der Waals surface area contributed by atoms with Gasteiger partial charge in [-0.25, -0.2) is 14.0 Å². The first-order valence-corrected chi connectivity index (χ1v) is 13.1. The summed E-state index contributed by atoms with van der Waals surface area (Å²) in [6.45, 7) is 8.32. The number of amides is 3. The number of phenols is 1. The zero-order valence-electron chi connectivity index (χ0n) is 23.0. The molecule has 2 aromatic rings. The normalized spacial score (nSPS) is 13.9. The fourth-order valence-electron chi connectivity index (χ4n) is 4.01. The first kappa shape index (κ1) is 34.0. The number of carbonyl (C=O) groups is 3. The number of unbranched alkanes of at least 4 members (excludes halogenated alkanes) is 1. The van der Waals surface area contributed by atoms with Crippen molar-refractivity contribution in [3.63, 3.8) is 0 Å². The molecule has 0 aliphatic carbocycles. The lowest BCUT2D eigenvalue weighted by atomic mass is 9.72. The molecule has 0 spiro atoms. The Hall–Kier alpha value is -4.21. The molecule has 1 aromatic heterocycles. The molecule has 12 nitrogen and oxygen atoms in total. The Morgan fingerprint density at radius 2 is 1.74 bits per heavy atom. The van der Waals surface area contributed by atoms with Crippen molar-refractivity contribution in [3.8, 4) is 5.75 Å². The number of carboxylic acids is 1. The minimum atomic E-state index is -1.75. The summed E-state index contributed by atoms with van der Waals surface area (Å²) in [7, 11) is 1.48. The zero-order valence-corrected chi connectivity index (χ0v) is 23.9. The van der Waals surface area contributed by atoms with Gasteiger partial charge in [0.15, 0.2) is 17.1 Å². The lowest BCUT2D eigenvalue weighted by Crippen LogP contribution is -2.58. The van der Waals surface area contributed by atoms with E-state index in [1.165, 1.54) is 14.8 Å². The number of carbonyl (C=O) groups excluding carboxylic acids is 2. The molecule has 0 aliphatic rings. The molecule has 2 atom stereocenters. The molecule has 0 aliphatic heterocycles. The van der Waals surface area contributed by atoms with Crippen molar-refractivity contribution in [2.75, 3.05) is 6.54 Å². The number of benzene rings is 1. The van der Waals surface area contributed by atoms with Gasteiger partial charge in [0.1, 0.15) is 24.2 Å². The van der Waals surface area contributed by atoms with E-state index in [1.54, 1.807) is 0 Å². The van der Waals surface area contributed by atoms with Gasteiger partial charge in [0.05, 0.1) is 17.4 Å². The van der Waals surface area contributed by atoms with Crippen LogP contribution in [0.2, 0.25) is 0 Å². The number of hydrogen-bond donors (Lipinski definition) is 8. The monoisotopic (exact) mass is 611 g/mol. The summed E-state index contributed by atoms with van der Waals surface area (Å²) in [6, 6.07) is -0.0868. The molecule has 3 amide bonds. The van der Waals surface area contributed by atoms with Gasteiger partial charge in [-0.3, -0.25) is 9.59 Å². The quantitative estimate of drug-likeness (QED) is 0.0394. The number of hydrogen-bond acceptors (Lipinski definition) is 9. The summed E-state index contributed by atoms with van der Waals surface area (Å²) in [5, 5.41) is 45.6. The third kappa shape index (κ3) is 8.18. The van der Waals surface area contributed by atoms with E-state index in [0.29, 0.717) is 12.8 Å². The van der Waals surface area contributed by atoms with Crippen LogP contribution in [0.4, 0.5) is 13.6 Å². The Bertz CT molecular complexity index is 1490. The lowest BCUT2D eigenvalue weighted by molar-refractivity contribution is -0.137. The van der Waals surface area contributed by atoms with Crippen LogP contribution < -0.4 is 21.6 Å². The summed E-state index contributed by atoms with van der Waals surface area (Å²) < 4.78 is 32.8. The van der Waals surface area contributed by atoms with Crippen LogP contribution in [0.25, 0.3) is 11.0 Å². The van der Waals surface area contributed by atoms with Crippen LogP contribution in [0.3, 0.4) is 0 Å². The van der Waals surface area contributed by atoms with Gasteiger partial charge in [-0.2, -0.15) is 4.39 Å². The maximum atomic E-state index is 14.1. The number of aliphatic hydroxyl groups is 2. The van der Waals surface area contributed by atoms with E-state index >= 15 is 0 Å². The zero-order chi connectivity index (χ0) is 32.0. The Labute approximate surface area is 245 Å². The predicted octanol–water partition coefficient (Wildman–Crippen LogP) is 2.18. The van der Waals surface area contributed by atoms with Gasteiger partial charge in [0, 0.05) is 18.4 Å². The molecule has 42 heavy (non-hydrogen) atoms. The number of halogens is 2. The Balaban J connectivity index is 1.96. The third-order valence-electron chi connectivity index (χ3n) is 6.73. The van der Waals surface area contributed by atoms with Crippen molar-refractivity contribution in [2.24, 2.45) is 0 Å². The molecule has 7 N–H and O–H groups in total. The van der Waals surface area contributed by atoms with Gasteiger partial charge in [-0.1, -0.05) is 13.2 Å². The third-order valence-corrected chi connectivity index (χ3v) is 7.33. The molecule has 0 bridgehead atoms. The molecule has 1 heterocycles. The van der Waals surface area contributed by atoms with Crippen LogP contribution in [-0.2, 0) is 16.0 Å². The second-order valence-corrected chi connectivity index (χ2v) is 10.7. The van der Waals surface area contributed by atoms with Crippen LogP contribution in [0.15, 0.2) is 40.0 Å². The Morgan fingerprint density at radius 3 is 2.31 bits per heavy atom. The molecule has 0 fully saturated rings. The number of aliphatic carboxylic acids is 1. The molecule has 0 radical (unpaired) electrons. The molecule has 228 valence electrons. The van der Waals surface area contributed by atoms with Gasteiger partial charge in [0.2, 0.25) is 11.7 Å². The second-order valence-electron chi connectivity index (χ2n) is 9.93. The van der Waals surface area contributed by atoms with Crippen molar-refractivity contribution in [3.05, 3.63) is 63.9 Å². The van der Waals surface area contributed by atoms with Gasteiger partial charge in [-0.05, 0) is 44.2 Å². The van der Waals surface area contributed by atoms with Gasteiger partial charge >= 0.3 is 17.6 Å². The van der Waals surface area contributed by atoms with Crippen molar-refractivity contribution in [1.82, 2.24) is 16.0 Å². The number of aromatic hydroxyl groups is 1. The molecule has 0 saturated heterocycles. The fraction of sp³-hybridized carbons (Fsp3) is 0.385. The SMILES string of the molecule is BC(CCCCNC(=O)Cc1c(C)c2cc(F)c(O)c(F)c2oc1=O)(NC(=O)N[C@@](S)(CCC(=O)O)C(=C)O)C(=C)O. The van der Waals surface area contributed by atoms with E-state index in [2.05, 4.69) is 41.7 Å². The molecular formula is C26H32BF2N3O9S. The molecular weight excluding hydrogens is 579 g/mol. The summed E-state index contributed by atoms with van der Waals surface area (Å²) in [5.41, 5.74) is -2.99. The van der Waals surface area contributed by atoms with Crippen LogP contribution in [0.1, 0.15) is 43.2 Å². The van der Waals surface area contributed by atoms with E-state index in [1.807, 2.05) is 0 Å². The average molecular weight is 611 g/mol. The first-order valence-electron chi connectivity index (χ1n) is 12.6. The molecule has 1 unspecified atom stereocenters. The van der Waals surface area contributed by atoms with Gasteiger partial charge in [-0.15, -0.1) is 12.6 Å².